The van der Waals surface area contributed by atoms with Crippen molar-refractivity contribution < 1.29 is 5.11 Å². The summed E-state index contributed by atoms with van der Waals surface area (Å²) in [6.45, 7) is 2.01. The SMILES string of the molecule is CNC(CO)c1cnc(N)cc1C. The molecule has 1 aromatic rings. The lowest BCUT2D eigenvalue weighted by atomic mass is 10.0. The summed E-state index contributed by atoms with van der Waals surface area (Å²) in [7, 11) is 1.80. The van der Waals surface area contributed by atoms with Crippen LogP contribution in [0, 0.1) is 6.92 Å². The van der Waals surface area contributed by atoms with Gasteiger partial charge in [-0.2, -0.15) is 0 Å². The van der Waals surface area contributed by atoms with Gasteiger partial charge in [0.15, 0.2) is 0 Å². The van der Waals surface area contributed by atoms with Gasteiger partial charge in [0, 0.05) is 6.20 Å². The summed E-state index contributed by atoms with van der Waals surface area (Å²) in [5, 5.41) is 12.0. The molecule has 4 N–H and O–H groups in total. The Morgan fingerprint density at radius 3 is 2.85 bits per heavy atom. The van der Waals surface area contributed by atoms with E-state index in [0.29, 0.717) is 5.82 Å². The van der Waals surface area contributed by atoms with Gasteiger partial charge >= 0.3 is 0 Å². The molecule has 0 amide bonds. The third-order valence-electron chi connectivity index (χ3n) is 2.08. The molecule has 0 saturated heterocycles. The minimum atomic E-state index is -0.0619. The van der Waals surface area contributed by atoms with Crippen molar-refractivity contribution in [3.8, 4) is 0 Å². The fourth-order valence-corrected chi connectivity index (χ4v) is 1.30. The number of nitrogens with zero attached hydrogens (tertiary/aromatic N) is 1. The number of aromatic nitrogens is 1. The van der Waals surface area contributed by atoms with Gasteiger partial charge in [0.25, 0.3) is 0 Å². The quantitative estimate of drug-likeness (QED) is 0.624. The largest absolute Gasteiger partial charge is 0.394 e. The van der Waals surface area contributed by atoms with Gasteiger partial charge in [-0.25, -0.2) is 4.98 Å². The number of hydrogen-bond donors (Lipinski definition) is 3. The van der Waals surface area contributed by atoms with Gasteiger partial charge in [0.2, 0.25) is 0 Å². The van der Waals surface area contributed by atoms with E-state index in [2.05, 4.69) is 10.3 Å². The Hall–Kier alpha value is -1.13. The van der Waals surface area contributed by atoms with E-state index in [9.17, 15) is 0 Å². The number of hydrogen-bond acceptors (Lipinski definition) is 4. The first-order valence-corrected chi connectivity index (χ1v) is 4.19. The predicted molar refractivity (Wildman–Crippen MR) is 52.3 cm³/mol. The molecule has 0 saturated carbocycles. The second kappa shape index (κ2) is 4.20. The molecule has 1 atom stereocenters. The topological polar surface area (TPSA) is 71.2 Å². The van der Waals surface area contributed by atoms with E-state index >= 15 is 0 Å². The van der Waals surface area contributed by atoms with Crippen molar-refractivity contribution in [3.05, 3.63) is 23.4 Å². The van der Waals surface area contributed by atoms with Crippen LogP contribution in [0.25, 0.3) is 0 Å². The van der Waals surface area contributed by atoms with Crippen LogP contribution in [-0.4, -0.2) is 23.7 Å². The summed E-state index contributed by atoms with van der Waals surface area (Å²) in [5.74, 6) is 0.508. The number of nitrogens with two attached hydrogens (primary N) is 1. The van der Waals surface area contributed by atoms with E-state index in [0.717, 1.165) is 11.1 Å². The highest BCUT2D eigenvalue weighted by Gasteiger charge is 2.10. The van der Waals surface area contributed by atoms with Crippen LogP contribution in [0.2, 0.25) is 0 Å². The molecule has 0 aromatic carbocycles. The van der Waals surface area contributed by atoms with E-state index < -0.39 is 0 Å². The Kier molecular flexibility index (Phi) is 3.22. The number of nitrogens with one attached hydrogen (secondary N) is 1. The Morgan fingerprint density at radius 1 is 1.69 bits per heavy atom. The van der Waals surface area contributed by atoms with Crippen LogP contribution >= 0.6 is 0 Å². The highest BCUT2D eigenvalue weighted by Crippen LogP contribution is 2.17. The average molecular weight is 181 g/mol. The van der Waals surface area contributed by atoms with Crippen LogP contribution in [0.4, 0.5) is 5.82 Å². The van der Waals surface area contributed by atoms with Crippen molar-refractivity contribution >= 4 is 5.82 Å². The average Bonchev–Trinajstić information content (AvgIpc) is 2.10. The molecule has 4 heteroatoms. The number of anilines is 1. The molecule has 0 aliphatic carbocycles. The van der Waals surface area contributed by atoms with Crippen LogP contribution in [0.1, 0.15) is 17.2 Å². The van der Waals surface area contributed by atoms with Crippen molar-refractivity contribution in [3.63, 3.8) is 0 Å². The third kappa shape index (κ3) is 2.17. The van der Waals surface area contributed by atoms with Gasteiger partial charge in [-0.3, -0.25) is 0 Å². The zero-order valence-electron chi connectivity index (χ0n) is 7.91. The molecule has 1 aromatic heterocycles. The molecule has 0 aliphatic rings. The highest BCUT2D eigenvalue weighted by atomic mass is 16.3. The third-order valence-corrected chi connectivity index (χ3v) is 2.08. The molecule has 0 fully saturated rings. The number of nitrogen functional groups attached to an aromatic ring is 1. The minimum absolute atomic E-state index is 0.0585. The Labute approximate surface area is 77.8 Å². The fraction of sp³-hybridized carbons (Fsp3) is 0.444. The standard InChI is InChI=1S/C9H15N3O/c1-6-3-9(10)12-4-7(6)8(5-13)11-2/h3-4,8,11,13H,5H2,1-2H3,(H2,10,12). The van der Waals surface area contributed by atoms with E-state index in [4.69, 9.17) is 10.8 Å². The predicted octanol–water partition coefficient (Wildman–Crippen LogP) is 0.225. The maximum atomic E-state index is 9.05. The molecule has 1 rings (SSSR count). The Morgan fingerprint density at radius 2 is 2.38 bits per heavy atom. The van der Waals surface area contributed by atoms with Gasteiger partial charge in [-0.15, -0.1) is 0 Å². The van der Waals surface area contributed by atoms with Gasteiger partial charge < -0.3 is 16.2 Å². The smallest absolute Gasteiger partial charge is 0.123 e. The van der Waals surface area contributed by atoms with E-state index in [1.54, 1.807) is 19.3 Å². The molecule has 4 nitrogen and oxygen atoms in total. The molecule has 1 heterocycles. The minimum Gasteiger partial charge on any atom is -0.394 e. The second-order valence-corrected chi connectivity index (χ2v) is 2.99. The molecular weight excluding hydrogens is 166 g/mol. The van der Waals surface area contributed by atoms with Crippen molar-refractivity contribution in [2.24, 2.45) is 0 Å². The van der Waals surface area contributed by atoms with Crippen molar-refractivity contribution in [1.82, 2.24) is 10.3 Å². The summed E-state index contributed by atoms with van der Waals surface area (Å²) in [4.78, 5) is 3.98. The monoisotopic (exact) mass is 181 g/mol. The molecule has 13 heavy (non-hydrogen) atoms. The number of aliphatic hydroxyl groups excluding tert-OH is 1. The zero-order chi connectivity index (χ0) is 9.84. The molecule has 0 spiro atoms. The van der Waals surface area contributed by atoms with E-state index in [1.807, 2.05) is 6.92 Å². The van der Waals surface area contributed by atoms with Crippen LogP contribution < -0.4 is 11.1 Å². The summed E-state index contributed by atoms with van der Waals surface area (Å²) >= 11 is 0. The number of rotatable bonds is 3. The molecule has 72 valence electrons. The van der Waals surface area contributed by atoms with Gasteiger partial charge in [0.05, 0.1) is 12.6 Å². The lowest BCUT2D eigenvalue weighted by Crippen LogP contribution is -2.21. The van der Waals surface area contributed by atoms with Gasteiger partial charge in [-0.05, 0) is 31.2 Å². The number of aryl methyl sites for hydroxylation is 1. The number of aliphatic hydroxyl groups is 1. The molecule has 1 unspecified atom stereocenters. The molecule has 0 aliphatic heterocycles. The summed E-state index contributed by atoms with van der Waals surface area (Å²) < 4.78 is 0. The zero-order valence-corrected chi connectivity index (χ0v) is 7.91. The maximum absolute atomic E-state index is 9.05. The van der Waals surface area contributed by atoms with Crippen LogP contribution in [0.3, 0.4) is 0 Å². The lowest BCUT2D eigenvalue weighted by Gasteiger charge is -2.15. The van der Waals surface area contributed by atoms with Crippen LogP contribution in [0.5, 0.6) is 0 Å². The summed E-state index contributed by atoms with van der Waals surface area (Å²) in [6, 6.07) is 1.74. The lowest BCUT2D eigenvalue weighted by molar-refractivity contribution is 0.250. The van der Waals surface area contributed by atoms with E-state index in [1.165, 1.54) is 0 Å². The van der Waals surface area contributed by atoms with Gasteiger partial charge in [-0.1, -0.05) is 0 Å². The number of pyridine rings is 1. The van der Waals surface area contributed by atoms with Gasteiger partial charge in [0.1, 0.15) is 5.82 Å². The highest BCUT2D eigenvalue weighted by molar-refractivity contribution is 5.37. The second-order valence-electron chi connectivity index (χ2n) is 2.99. The molecular formula is C9H15N3O. The molecule has 0 radical (unpaired) electrons. The summed E-state index contributed by atoms with van der Waals surface area (Å²) in [5.41, 5.74) is 7.54. The van der Waals surface area contributed by atoms with Crippen molar-refractivity contribution in [1.29, 1.82) is 0 Å². The maximum Gasteiger partial charge on any atom is 0.123 e. The Bertz CT molecular complexity index is 284. The molecule has 0 bridgehead atoms. The van der Waals surface area contributed by atoms with E-state index in [-0.39, 0.29) is 12.6 Å². The van der Waals surface area contributed by atoms with Crippen molar-refractivity contribution in [2.45, 2.75) is 13.0 Å². The number of likely N-dealkylation sites (N-methyl/N-ethyl adjacent to an activating group) is 1. The van der Waals surface area contributed by atoms with Crippen molar-refractivity contribution in [2.75, 3.05) is 19.4 Å². The van der Waals surface area contributed by atoms with Crippen LogP contribution in [-0.2, 0) is 0 Å². The van der Waals surface area contributed by atoms with Crippen LogP contribution in [0.15, 0.2) is 12.3 Å². The first-order valence-electron chi connectivity index (χ1n) is 4.19. The summed E-state index contributed by atoms with van der Waals surface area (Å²) in [6.07, 6.45) is 1.70. The Balaban J connectivity index is 2.99. The fourth-order valence-electron chi connectivity index (χ4n) is 1.30. The normalized spacial score (nSPS) is 12.8. The first-order chi connectivity index (χ1) is 6.19. The first kappa shape index (κ1) is 9.95.